The highest BCUT2D eigenvalue weighted by Crippen LogP contribution is 2.29. The van der Waals surface area contributed by atoms with Crippen LogP contribution in [-0.4, -0.2) is 44.1 Å². The summed E-state index contributed by atoms with van der Waals surface area (Å²) in [7, 11) is -2.89. The van der Waals surface area contributed by atoms with Gasteiger partial charge in [0.2, 0.25) is 0 Å². The van der Waals surface area contributed by atoms with Crippen molar-refractivity contribution in [3.05, 3.63) is 34.2 Å². The number of aromatic nitrogens is 1. The molecule has 1 aromatic rings. The molecule has 2 aliphatic rings. The van der Waals surface area contributed by atoms with Gasteiger partial charge in [0.05, 0.1) is 25.4 Å². The lowest BCUT2D eigenvalue weighted by Crippen LogP contribution is -3.15. The number of sulfone groups is 1. The summed E-state index contributed by atoms with van der Waals surface area (Å²) >= 11 is 0. The van der Waals surface area contributed by atoms with Gasteiger partial charge in [-0.1, -0.05) is 13.0 Å². The van der Waals surface area contributed by atoms with Gasteiger partial charge in [-0.25, -0.2) is 8.42 Å². The molecule has 3 heterocycles. The summed E-state index contributed by atoms with van der Waals surface area (Å²) in [6.07, 6.45) is 1.13. The van der Waals surface area contributed by atoms with Crippen molar-refractivity contribution >= 4 is 9.84 Å². The van der Waals surface area contributed by atoms with E-state index in [1.54, 1.807) is 13.0 Å². The van der Waals surface area contributed by atoms with E-state index in [1.165, 1.54) is 4.90 Å². The number of nitrogens with one attached hydrogen (secondary N) is 1. The lowest BCUT2D eigenvalue weighted by molar-refractivity contribution is -0.908. The number of hydrogen-bond donors (Lipinski definition) is 1. The second kappa shape index (κ2) is 6.72. The van der Waals surface area contributed by atoms with Gasteiger partial charge in [-0.05, 0) is 12.5 Å². The molecule has 7 heteroatoms. The van der Waals surface area contributed by atoms with Crippen LogP contribution in [0.5, 0.6) is 0 Å². The zero-order valence-electron chi connectivity index (χ0n) is 12.8. The minimum Gasteiger partial charge on any atom is -1.00 e. The van der Waals surface area contributed by atoms with Crippen molar-refractivity contribution in [3.63, 3.8) is 0 Å². The number of quaternary nitrogens is 1. The molecule has 0 aromatic carbocycles. The first kappa shape index (κ1) is 17.5. The number of likely N-dealkylation sites (tertiary alicyclic amines) is 1. The second-order valence-corrected chi connectivity index (χ2v) is 8.82. The molecule has 124 valence electrons. The van der Waals surface area contributed by atoms with Crippen molar-refractivity contribution in [1.29, 1.82) is 0 Å². The Labute approximate surface area is 137 Å². The molecule has 3 rings (SSSR count). The average Bonchev–Trinajstić information content (AvgIpc) is 2.46. The summed E-state index contributed by atoms with van der Waals surface area (Å²) in [5.74, 6) is 1.40. The maximum atomic E-state index is 11.9. The SMILES string of the molecule is CCS(=O)(=O)CC[NH+]1C[C@@H]2C[C@@H](C1)c1cccc(=O)n1C2.[Cl-]. The summed E-state index contributed by atoms with van der Waals surface area (Å²) < 4.78 is 25.3. The van der Waals surface area contributed by atoms with Crippen LogP contribution in [0.25, 0.3) is 0 Å². The fourth-order valence-corrected chi connectivity index (χ4v) is 4.66. The van der Waals surface area contributed by atoms with Gasteiger partial charge in [0, 0.05) is 35.9 Å². The van der Waals surface area contributed by atoms with E-state index in [2.05, 4.69) is 0 Å². The molecular weight excluding hydrogens is 324 g/mol. The van der Waals surface area contributed by atoms with Crippen LogP contribution in [0.3, 0.4) is 0 Å². The molecule has 0 saturated carbocycles. The van der Waals surface area contributed by atoms with Gasteiger partial charge in [-0.15, -0.1) is 0 Å². The molecule has 0 radical (unpaired) electrons. The van der Waals surface area contributed by atoms with Crippen molar-refractivity contribution < 1.29 is 25.7 Å². The largest absolute Gasteiger partial charge is 1.00 e. The molecule has 2 bridgehead atoms. The molecule has 1 aromatic heterocycles. The van der Waals surface area contributed by atoms with Crippen LogP contribution in [0.1, 0.15) is 25.0 Å². The van der Waals surface area contributed by atoms with Crippen molar-refractivity contribution in [1.82, 2.24) is 4.57 Å². The quantitative estimate of drug-likeness (QED) is 0.610. The number of rotatable bonds is 4. The zero-order chi connectivity index (χ0) is 15.0. The highest BCUT2D eigenvalue weighted by molar-refractivity contribution is 7.91. The molecule has 5 nitrogen and oxygen atoms in total. The Morgan fingerprint density at radius 2 is 2.09 bits per heavy atom. The molecule has 0 amide bonds. The van der Waals surface area contributed by atoms with E-state index in [0.29, 0.717) is 18.4 Å². The molecule has 22 heavy (non-hydrogen) atoms. The summed E-state index contributed by atoms with van der Waals surface area (Å²) in [6, 6.07) is 5.52. The van der Waals surface area contributed by atoms with Crippen molar-refractivity contribution in [3.8, 4) is 0 Å². The first-order chi connectivity index (χ1) is 9.98. The van der Waals surface area contributed by atoms with Gasteiger partial charge in [-0.2, -0.15) is 0 Å². The van der Waals surface area contributed by atoms with E-state index < -0.39 is 9.84 Å². The van der Waals surface area contributed by atoms with Crippen LogP contribution in [0, 0.1) is 5.92 Å². The van der Waals surface area contributed by atoms with E-state index in [9.17, 15) is 13.2 Å². The standard InChI is InChI=1S/C15H22N2O3S.ClH/c1-2-21(19,20)7-6-16-9-12-8-13(11-16)14-4-3-5-15(18)17(14)10-12;/h3-5,12-13H,2,6-11H2,1H3;1H/t12-,13-;/m0./s1. The second-order valence-electron chi connectivity index (χ2n) is 6.34. The third-order valence-corrected chi connectivity index (χ3v) is 6.59. The normalized spacial score (nSPS) is 26.9. The van der Waals surface area contributed by atoms with E-state index in [4.69, 9.17) is 0 Å². The molecule has 1 saturated heterocycles. The Morgan fingerprint density at radius 3 is 2.82 bits per heavy atom. The lowest BCUT2D eigenvalue weighted by Gasteiger charge is -2.40. The predicted molar refractivity (Wildman–Crippen MR) is 81.4 cm³/mol. The molecule has 3 atom stereocenters. The van der Waals surface area contributed by atoms with Gasteiger partial charge in [0.25, 0.3) is 5.56 Å². The average molecular weight is 347 g/mol. The Balaban J connectivity index is 0.00000176. The highest BCUT2D eigenvalue weighted by atomic mass is 35.5. The van der Waals surface area contributed by atoms with Gasteiger partial charge in [0.1, 0.15) is 0 Å². The molecule has 0 spiro atoms. The Morgan fingerprint density at radius 1 is 1.32 bits per heavy atom. The van der Waals surface area contributed by atoms with Crippen molar-refractivity contribution in [2.24, 2.45) is 5.92 Å². The monoisotopic (exact) mass is 346 g/mol. The van der Waals surface area contributed by atoms with Gasteiger partial charge >= 0.3 is 0 Å². The summed E-state index contributed by atoms with van der Waals surface area (Å²) in [4.78, 5) is 13.3. The predicted octanol–water partition coefficient (Wildman–Crippen LogP) is -3.71. The molecule has 2 aliphatic heterocycles. The molecule has 1 unspecified atom stereocenters. The molecule has 1 fully saturated rings. The molecular formula is C15H23ClN2O3S. The zero-order valence-corrected chi connectivity index (χ0v) is 14.4. The topological polar surface area (TPSA) is 60.6 Å². The van der Waals surface area contributed by atoms with Crippen LogP contribution in [0.4, 0.5) is 0 Å². The molecule has 1 N–H and O–H groups in total. The van der Waals surface area contributed by atoms with E-state index >= 15 is 0 Å². The van der Waals surface area contributed by atoms with Crippen LogP contribution < -0.4 is 22.9 Å². The van der Waals surface area contributed by atoms with E-state index in [0.717, 1.165) is 31.7 Å². The van der Waals surface area contributed by atoms with Gasteiger partial charge < -0.3 is 21.9 Å². The van der Waals surface area contributed by atoms with E-state index in [-0.39, 0.29) is 29.5 Å². The first-order valence-electron chi connectivity index (χ1n) is 7.72. The fraction of sp³-hybridized carbons (Fsp3) is 0.667. The van der Waals surface area contributed by atoms with Crippen LogP contribution >= 0.6 is 0 Å². The smallest absolute Gasteiger partial charge is 0.250 e. The molecule has 0 aliphatic carbocycles. The number of hydrogen-bond acceptors (Lipinski definition) is 3. The Hall–Kier alpha value is -0.850. The lowest BCUT2D eigenvalue weighted by atomic mass is 9.83. The van der Waals surface area contributed by atoms with Crippen molar-refractivity contribution in [2.75, 3.05) is 31.1 Å². The van der Waals surface area contributed by atoms with Crippen LogP contribution in [0.2, 0.25) is 0 Å². The Kier molecular flexibility index (Phi) is 5.35. The fourth-order valence-electron chi connectivity index (χ4n) is 3.77. The maximum absolute atomic E-state index is 11.9. The Bertz CT molecular complexity index is 686. The minimum absolute atomic E-state index is 0. The number of nitrogens with zero attached hydrogens (tertiary/aromatic N) is 1. The third kappa shape index (κ3) is 3.55. The van der Waals surface area contributed by atoms with Gasteiger partial charge in [0.15, 0.2) is 9.84 Å². The number of fused-ring (bicyclic) bond motifs is 4. The summed E-state index contributed by atoms with van der Waals surface area (Å²) in [5, 5.41) is 0. The van der Waals surface area contributed by atoms with Gasteiger partial charge in [-0.3, -0.25) is 4.79 Å². The third-order valence-electron chi connectivity index (χ3n) is 4.88. The minimum atomic E-state index is -2.89. The number of piperidine rings is 1. The van der Waals surface area contributed by atoms with Crippen LogP contribution in [-0.2, 0) is 16.4 Å². The number of pyridine rings is 1. The summed E-state index contributed by atoms with van der Waals surface area (Å²) in [5.41, 5.74) is 1.23. The first-order valence-corrected chi connectivity index (χ1v) is 9.54. The van der Waals surface area contributed by atoms with Crippen molar-refractivity contribution in [2.45, 2.75) is 25.8 Å². The summed E-state index contributed by atoms with van der Waals surface area (Å²) in [6.45, 7) is 5.11. The maximum Gasteiger partial charge on any atom is 0.250 e. The van der Waals surface area contributed by atoms with Crippen LogP contribution in [0.15, 0.2) is 23.0 Å². The highest BCUT2D eigenvalue weighted by Gasteiger charge is 2.37. The number of halogens is 1. The van der Waals surface area contributed by atoms with E-state index in [1.807, 2.05) is 16.7 Å².